The molecule has 1 atom stereocenters. The van der Waals surface area contributed by atoms with Gasteiger partial charge in [-0.2, -0.15) is 9.97 Å². The molecular weight excluding hydrogens is 400 g/mol. The molecule has 0 bridgehead atoms. The summed E-state index contributed by atoms with van der Waals surface area (Å²) >= 11 is 1.53. The smallest absolute Gasteiger partial charge is 0.259 e. The van der Waals surface area contributed by atoms with Gasteiger partial charge in [-0.25, -0.2) is 4.98 Å². The highest BCUT2D eigenvalue weighted by atomic mass is 32.1. The second kappa shape index (κ2) is 7.83. The van der Waals surface area contributed by atoms with E-state index in [1.807, 2.05) is 36.4 Å². The number of hydrogen-bond donors (Lipinski definition) is 1. The molecule has 3 aromatic heterocycles. The second-order valence-corrected chi connectivity index (χ2v) is 8.25. The molecule has 0 aliphatic carbocycles. The van der Waals surface area contributed by atoms with Crippen LogP contribution in [0.15, 0.2) is 47.1 Å². The molecule has 0 unspecified atom stereocenters. The second-order valence-electron chi connectivity index (χ2n) is 7.24. The zero-order valence-corrected chi connectivity index (χ0v) is 17.2. The number of thiazole rings is 1. The van der Waals surface area contributed by atoms with Crippen molar-refractivity contribution in [2.45, 2.75) is 32.4 Å². The van der Waals surface area contributed by atoms with Crippen LogP contribution in [0.5, 0.6) is 0 Å². The summed E-state index contributed by atoms with van der Waals surface area (Å²) in [6, 6.07) is 11.7. The van der Waals surface area contributed by atoms with Crippen LogP contribution in [0.25, 0.3) is 21.8 Å². The van der Waals surface area contributed by atoms with Crippen molar-refractivity contribution in [3.63, 3.8) is 0 Å². The number of pyridine rings is 1. The van der Waals surface area contributed by atoms with E-state index in [-0.39, 0.29) is 11.9 Å². The van der Waals surface area contributed by atoms with Gasteiger partial charge in [0.15, 0.2) is 16.6 Å². The van der Waals surface area contributed by atoms with Crippen LogP contribution >= 0.6 is 11.3 Å². The Labute approximate surface area is 177 Å². The Morgan fingerprint density at radius 3 is 2.97 bits per heavy atom. The summed E-state index contributed by atoms with van der Waals surface area (Å²) in [7, 11) is 0. The molecule has 1 aromatic carbocycles. The van der Waals surface area contributed by atoms with Crippen LogP contribution in [-0.4, -0.2) is 38.6 Å². The number of carbonyl (C=O) groups excluding carboxylic acids is 1. The standard InChI is InChI=1S/C21H20N6O2S/c1-13-24-20(29-26-13)15-10-17-18(22-12-15)25-21(30-17)27-9-5-8-16(27)19(28)23-11-14-6-3-2-4-7-14/h2-4,6-7,10,12,16H,5,8-9,11H2,1H3,(H,23,28)/t16-/m1/s1. The maximum atomic E-state index is 12.8. The maximum Gasteiger partial charge on any atom is 0.259 e. The zero-order valence-electron chi connectivity index (χ0n) is 16.4. The van der Waals surface area contributed by atoms with Gasteiger partial charge in [0, 0.05) is 19.3 Å². The summed E-state index contributed by atoms with van der Waals surface area (Å²) in [5, 5.41) is 7.71. The Bertz CT molecular complexity index is 1190. The fourth-order valence-corrected chi connectivity index (χ4v) is 4.67. The van der Waals surface area contributed by atoms with Gasteiger partial charge in [-0.3, -0.25) is 4.79 Å². The minimum Gasteiger partial charge on any atom is -0.350 e. The Hall–Kier alpha value is -3.33. The quantitative estimate of drug-likeness (QED) is 0.529. The zero-order chi connectivity index (χ0) is 20.5. The molecular formula is C21H20N6O2S. The number of fused-ring (bicyclic) bond motifs is 1. The van der Waals surface area contributed by atoms with Gasteiger partial charge in [0.25, 0.3) is 5.89 Å². The fourth-order valence-electron chi connectivity index (χ4n) is 3.63. The van der Waals surface area contributed by atoms with E-state index < -0.39 is 0 Å². The van der Waals surface area contributed by atoms with Gasteiger partial charge in [0.05, 0.1) is 10.3 Å². The molecule has 1 aliphatic heterocycles. The van der Waals surface area contributed by atoms with E-state index in [9.17, 15) is 4.79 Å². The highest BCUT2D eigenvalue weighted by Gasteiger charge is 2.32. The topological polar surface area (TPSA) is 97.0 Å². The maximum absolute atomic E-state index is 12.8. The van der Waals surface area contributed by atoms with Crippen LogP contribution in [0.2, 0.25) is 0 Å². The number of carbonyl (C=O) groups is 1. The molecule has 1 saturated heterocycles. The Morgan fingerprint density at radius 1 is 1.30 bits per heavy atom. The summed E-state index contributed by atoms with van der Waals surface area (Å²) in [4.78, 5) is 28.3. The molecule has 0 spiro atoms. The first kappa shape index (κ1) is 18.7. The third-order valence-corrected chi connectivity index (χ3v) is 6.15. The van der Waals surface area contributed by atoms with Gasteiger partial charge in [0.1, 0.15) is 6.04 Å². The molecule has 1 aliphatic rings. The average molecular weight is 420 g/mol. The summed E-state index contributed by atoms with van der Waals surface area (Å²) in [6.45, 7) is 3.11. The average Bonchev–Trinajstić information content (AvgIpc) is 3.50. The van der Waals surface area contributed by atoms with Gasteiger partial charge in [-0.1, -0.05) is 46.8 Å². The van der Waals surface area contributed by atoms with Gasteiger partial charge in [0.2, 0.25) is 5.91 Å². The number of nitrogens with zero attached hydrogens (tertiary/aromatic N) is 5. The summed E-state index contributed by atoms with van der Waals surface area (Å²) < 4.78 is 6.16. The van der Waals surface area contributed by atoms with E-state index in [1.54, 1.807) is 13.1 Å². The minimum atomic E-state index is -0.215. The van der Waals surface area contributed by atoms with E-state index in [2.05, 4.69) is 30.3 Å². The Kier molecular flexibility index (Phi) is 4.88. The van der Waals surface area contributed by atoms with E-state index in [0.29, 0.717) is 23.9 Å². The van der Waals surface area contributed by atoms with Gasteiger partial charge in [-0.05, 0) is 31.4 Å². The molecule has 152 valence electrons. The number of anilines is 1. The number of benzene rings is 1. The number of rotatable bonds is 5. The van der Waals surface area contributed by atoms with Crippen LogP contribution in [-0.2, 0) is 11.3 Å². The number of amides is 1. The molecule has 30 heavy (non-hydrogen) atoms. The molecule has 0 radical (unpaired) electrons. The third-order valence-electron chi connectivity index (χ3n) is 5.12. The normalized spacial score (nSPS) is 16.3. The van der Waals surface area contributed by atoms with Crippen molar-refractivity contribution < 1.29 is 9.32 Å². The largest absolute Gasteiger partial charge is 0.350 e. The number of hydrogen-bond acceptors (Lipinski definition) is 8. The van der Waals surface area contributed by atoms with Gasteiger partial charge in [-0.15, -0.1) is 0 Å². The highest BCUT2D eigenvalue weighted by Crippen LogP contribution is 2.34. The van der Waals surface area contributed by atoms with Crippen molar-refractivity contribution in [2.75, 3.05) is 11.4 Å². The lowest BCUT2D eigenvalue weighted by Crippen LogP contribution is -2.43. The van der Waals surface area contributed by atoms with Crippen molar-refractivity contribution in [1.82, 2.24) is 25.4 Å². The molecule has 1 fully saturated rings. The van der Waals surface area contributed by atoms with Gasteiger partial charge < -0.3 is 14.7 Å². The monoisotopic (exact) mass is 420 g/mol. The van der Waals surface area contributed by atoms with E-state index in [1.165, 1.54) is 11.3 Å². The minimum absolute atomic E-state index is 0.0330. The lowest BCUT2D eigenvalue weighted by atomic mass is 10.2. The molecule has 1 N–H and O–H groups in total. The van der Waals surface area contributed by atoms with E-state index >= 15 is 0 Å². The van der Waals surface area contributed by atoms with Crippen LogP contribution in [0, 0.1) is 6.92 Å². The first-order chi connectivity index (χ1) is 14.7. The summed E-state index contributed by atoms with van der Waals surface area (Å²) in [6.07, 6.45) is 3.46. The lowest BCUT2D eigenvalue weighted by Gasteiger charge is -2.23. The van der Waals surface area contributed by atoms with Crippen LogP contribution < -0.4 is 10.2 Å². The van der Waals surface area contributed by atoms with E-state index in [0.717, 1.165) is 40.3 Å². The number of aromatic nitrogens is 4. The molecule has 4 aromatic rings. The first-order valence-corrected chi connectivity index (χ1v) is 10.6. The molecule has 8 nitrogen and oxygen atoms in total. The molecule has 1 amide bonds. The van der Waals surface area contributed by atoms with Crippen LogP contribution in [0.3, 0.4) is 0 Å². The van der Waals surface area contributed by atoms with Crippen molar-refractivity contribution in [1.29, 1.82) is 0 Å². The molecule has 5 rings (SSSR count). The van der Waals surface area contributed by atoms with Crippen LogP contribution in [0.1, 0.15) is 24.2 Å². The SMILES string of the molecule is Cc1noc(-c2cnc3nc(N4CCC[C@@H]4C(=O)NCc4ccccc4)sc3c2)n1. The number of nitrogens with one attached hydrogen (secondary N) is 1. The van der Waals surface area contributed by atoms with Crippen molar-refractivity contribution >= 4 is 32.7 Å². The summed E-state index contributed by atoms with van der Waals surface area (Å²) in [5.41, 5.74) is 2.51. The summed E-state index contributed by atoms with van der Waals surface area (Å²) in [5.74, 6) is 1.05. The Balaban J connectivity index is 1.35. The molecule has 0 saturated carbocycles. The lowest BCUT2D eigenvalue weighted by molar-refractivity contribution is -0.122. The van der Waals surface area contributed by atoms with Crippen molar-refractivity contribution in [3.8, 4) is 11.5 Å². The van der Waals surface area contributed by atoms with Gasteiger partial charge >= 0.3 is 0 Å². The first-order valence-electron chi connectivity index (χ1n) is 9.83. The molecule has 9 heteroatoms. The predicted molar refractivity (Wildman–Crippen MR) is 114 cm³/mol. The highest BCUT2D eigenvalue weighted by molar-refractivity contribution is 7.22. The Morgan fingerprint density at radius 2 is 2.17 bits per heavy atom. The third kappa shape index (κ3) is 3.63. The predicted octanol–water partition coefficient (Wildman–Crippen LogP) is 3.33. The van der Waals surface area contributed by atoms with Crippen molar-refractivity contribution in [3.05, 3.63) is 54.0 Å². The van der Waals surface area contributed by atoms with Crippen molar-refractivity contribution in [2.24, 2.45) is 0 Å². The molecule has 4 heterocycles. The number of aryl methyl sites for hydroxylation is 1. The fraction of sp³-hybridized carbons (Fsp3) is 0.286. The van der Waals surface area contributed by atoms with E-state index in [4.69, 9.17) is 4.52 Å². The van der Waals surface area contributed by atoms with Crippen LogP contribution in [0.4, 0.5) is 5.13 Å².